The van der Waals surface area contributed by atoms with E-state index < -0.39 is 23.7 Å². The van der Waals surface area contributed by atoms with Crippen molar-refractivity contribution in [2.75, 3.05) is 17.2 Å². The maximum absolute atomic E-state index is 13.6. The van der Waals surface area contributed by atoms with Gasteiger partial charge in [-0.15, -0.1) is 0 Å². The van der Waals surface area contributed by atoms with Gasteiger partial charge >= 0.3 is 12.4 Å². The predicted molar refractivity (Wildman–Crippen MR) is 203 cm³/mol. The molecule has 8 rings (SSSR count). The van der Waals surface area contributed by atoms with Crippen molar-refractivity contribution < 1.29 is 31.1 Å². The van der Waals surface area contributed by atoms with Crippen molar-refractivity contribution in [3.8, 4) is 28.8 Å². The summed E-state index contributed by atoms with van der Waals surface area (Å²) in [5, 5.41) is 6.67. The maximum atomic E-state index is 13.6. The Bertz CT molecular complexity index is 2680. The van der Waals surface area contributed by atoms with Crippen molar-refractivity contribution in [3.05, 3.63) is 138 Å². The smallest absolute Gasteiger partial charge is 0.435 e. The Morgan fingerprint density at radius 3 is 1.60 bits per heavy atom. The van der Waals surface area contributed by atoms with E-state index >= 15 is 0 Å². The van der Waals surface area contributed by atoms with Crippen LogP contribution in [0.2, 0.25) is 5.02 Å². The topological polar surface area (TPSA) is 119 Å². The van der Waals surface area contributed by atoms with Crippen molar-refractivity contribution in [2.24, 2.45) is 0 Å². The molecule has 0 saturated heterocycles. The Hall–Kier alpha value is -6.75. The summed E-state index contributed by atoms with van der Waals surface area (Å²) in [6, 6.07) is 25.1. The zero-order valence-corrected chi connectivity index (χ0v) is 30.6. The zero-order chi connectivity index (χ0) is 40.3. The maximum Gasteiger partial charge on any atom is 0.435 e. The molecule has 290 valence electrons. The van der Waals surface area contributed by atoms with Crippen molar-refractivity contribution in [2.45, 2.75) is 26.2 Å². The number of alkyl halides is 6. The fourth-order valence-corrected chi connectivity index (χ4v) is 5.85. The summed E-state index contributed by atoms with van der Waals surface area (Å²) in [4.78, 5) is 24.1. The van der Waals surface area contributed by atoms with Crippen LogP contribution in [0.25, 0.3) is 34.3 Å². The molecule has 0 aliphatic heterocycles. The molecule has 2 N–H and O–H groups in total. The van der Waals surface area contributed by atoms with E-state index in [1.807, 2.05) is 19.9 Å². The third-order valence-electron chi connectivity index (χ3n) is 8.21. The number of hydrogen-bond donors (Lipinski definition) is 2. The number of halogens is 7. The highest BCUT2D eigenvalue weighted by Gasteiger charge is 2.40. The number of aryl methyl sites for hydroxylation is 1. The van der Waals surface area contributed by atoms with Crippen molar-refractivity contribution >= 4 is 45.9 Å². The summed E-state index contributed by atoms with van der Waals surface area (Å²) in [6.07, 6.45) is -3.48. The molecule has 0 bridgehead atoms. The van der Waals surface area contributed by atoms with E-state index in [1.54, 1.807) is 72.8 Å². The van der Waals surface area contributed by atoms with Crippen LogP contribution in [0.4, 0.5) is 49.4 Å². The van der Waals surface area contributed by atoms with Crippen LogP contribution in [0, 0.1) is 6.92 Å². The predicted octanol–water partition coefficient (Wildman–Crippen LogP) is 10.5. The Balaban J connectivity index is 0.000000174. The number of imidazole rings is 2. The zero-order valence-electron chi connectivity index (χ0n) is 29.8. The molecular weight excluding hydrogens is 774 g/mol. The monoisotopic (exact) mass is 802 g/mol. The molecule has 57 heavy (non-hydrogen) atoms. The molecule has 6 heterocycles. The van der Waals surface area contributed by atoms with Crippen molar-refractivity contribution in [3.63, 3.8) is 0 Å². The lowest BCUT2D eigenvalue weighted by Crippen LogP contribution is -2.09. The first-order chi connectivity index (χ1) is 27.3. The highest BCUT2D eigenvalue weighted by molar-refractivity contribution is 6.31. The number of nitrogens with one attached hydrogen (secondary N) is 2. The summed E-state index contributed by atoms with van der Waals surface area (Å²) in [5.41, 5.74) is 0.145. The number of nitrogens with zero attached hydrogens (tertiary/aromatic N) is 8. The molecule has 0 amide bonds. The van der Waals surface area contributed by atoms with Gasteiger partial charge in [-0.1, -0.05) is 29.8 Å². The number of rotatable bonds is 8. The van der Waals surface area contributed by atoms with Gasteiger partial charge in [0.25, 0.3) is 0 Å². The summed E-state index contributed by atoms with van der Waals surface area (Å²) in [7, 11) is 0. The average molecular weight is 803 g/mol. The Kier molecular flexibility index (Phi) is 10.7. The third kappa shape index (κ3) is 8.57. The quantitative estimate of drug-likeness (QED) is 0.145. The second-order valence-electron chi connectivity index (χ2n) is 12.2. The molecular formula is C39H29ClF6N10O. The van der Waals surface area contributed by atoms with Gasteiger partial charge < -0.3 is 15.4 Å². The Morgan fingerprint density at radius 2 is 1.12 bits per heavy atom. The fraction of sp³-hybridized carbons (Fsp3) is 0.128. The minimum atomic E-state index is -4.64. The number of benzene rings is 2. The molecule has 8 aromatic rings. The molecule has 0 saturated carbocycles. The largest absolute Gasteiger partial charge is 0.494 e. The van der Waals surface area contributed by atoms with E-state index in [0.717, 1.165) is 11.3 Å². The van der Waals surface area contributed by atoms with Gasteiger partial charge in [-0.05, 0) is 92.2 Å². The second-order valence-corrected chi connectivity index (χ2v) is 12.6. The number of pyridine rings is 2. The van der Waals surface area contributed by atoms with Crippen LogP contribution in [-0.4, -0.2) is 45.3 Å². The molecule has 0 atom stereocenters. The highest BCUT2D eigenvalue weighted by atomic mass is 35.5. The Labute approximate surface area is 325 Å². The van der Waals surface area contributed by atoms with E-state index in [2.05, 4.69) is 40.5 Å². The van der Waals surface area contributed by atoms with Gasteiger partial charge in [0.2, 0.25) is 0 Å². The van der Waals surface area contributed by atoms with Crippen LogP contribution in [0.5, 0.6) is 5.75 Å². The van der Waals surface area contributed by atoms with E-state index in [9.17, 15) is 26.3 Å². The molecule has 18 heteroatoms. The standard InChI is InChI=1S/C20H16F3N5O.C19H13ClF3N5/c1-2-29-14-8-6-13(7-9-14)25-15-10-11-24-19(26-15)17-18(20(21,22)23)27-16-5-3-4-12-28(16)17;1-11-5-6-12(10-13(11)20)25-14-7-8-24-18(26-14)16-17(19(21,22)23)27-15-4-2-3-9-28(15)16/h3-12H,2H2,1H3,(H,24,25,26);2-10H,1H3,(H,24,25,26). The van der Waals surface area contributed by atoms with Crippen LogP contribution in [0.1, 0.15) is 23.9 Å². The second kappa shape index (κ2) is 15.8. The Morgan fingerprint density at radius 1 is 0.632 bits per heavy atom. The molecule has 0 unspecified atom stereocenters. The number of aromatic nitrogens is 8. The van der Waals surface area contributed by atoms with Crippen LogP contribution >= 0.6 is 11.6 Å². The lowest BCUT2D eigenvalue weighted by atomic mass is 10.2. The van der Waals surface area contributed by atoms with E-state index in [4.69, 9.17) is 16.3 Å². The van der Waals surface area contributed by atoms with E-state index in [1.165, 1.54) is 45.7 Å². The van der Waals surface area contributed by atoms with Crippen LogP contribution in [-0.2, 0) is 12.4 Å². The first-order valence-electron chi connectivity index (χ1n) is 17.1. The first-order valence-corrected chi connectivity index (χ1v) is 17.4. The van der Waals surface area contributed by atoms with Gasteiger partial charge in [-0.25, -0.2) is 29.9 Å². The SMILES string of the molecule is CCOc1ccc(Nc2ccnc(-c3c(C(F)(F)F)nc4ccccn34)n2)cc1.Cc1ccc(Nc2ccnc(-c3c(C(F)(F)F)nc4ccccn34)n2)cc1Cl. The van der Waals surface area contributed by atoms with Gasteiger partial charge in [0.15, 0.2) is 23.0 Å². The van der Waals surface area contributed by atoms with Gasteiger partial charge in [0, 0.05) is 41.2 Å². The third-order valence-corrected chi connectivity index (χ3v) is 8.62. The average Bonchev–Trinajstić information content (AvgIpc) is 3.78. The molecule has 11 nitrogen and oxygen atoms in total. The van der Waals surface area contributed by atoms with Crippen LogP contribution in [0.15, 0.2) is 116 Å². The summed E-state index contributed by atoms with van der Waals surface area (Å²) in [6.45, 7) is 4.32. The highest BCUT2D eigenvalue weighted by Crippen LogP contribution is 2.38. The molecule has 0 radical (unpaired) electrons. The minimum absolute atomic E-state index is 0.0769. The lowest BCUT2D eigenvalue weighted by Gasteiger charge is -2.10. The fourth-order valence-electron chi connectivity index (χ4n) is 5.67. The van der Waals surface area contributed by atoms with E-state index in [-0.39, 0.29) is 34.3 Å². The van der Waals surface area contributed by atoms with Gasteiger partial charge in [-0.2, -0.15) is 26.3 Å². The number of hydrogen-bond acceptors (Lipinski definition) is 9. The molecule has 0 fully saturated rings. The molecule has 0 aliphatic carbocycles. The number of fused-ring (bicyclic) bond motifs is 2. The summed E-state index contributed by atoms with van der Waals surface area (Å²) >= 11 is 6.12. The van der Waals surface area contributed by atoms with E-state index in [0.29, 0.717) is 34.6 Å². The molecule has 0 aliphatic rings. The van der Waals surface area contributed by atoms with Gasteiger partial charge in [-0.3, -0.25) is 8.80 Å². The van der Waals surface area contributed by atoms with Gasteiger partial charge in [0.1, 0.15) is 40.1 Å². The normalized spacial score (nSPS) is 11.7. The number of anilines is 4. The minimum Gasteiger partial charge on any atom is -0.494 e. The van der Waals surface area contributed by atoms with Gasteiger partial charge in [0.05, 0.1) is 6.61 Å². The number of ether oxygens (including phenoxy) is 1. The first kappa shape index (κ1) is 38.5. The summed E-state index contributed by atoms with van der Waals surface area (Å²) < 4.78 is 89.4. The molecule has 2 aromatic carbocycles. The van der Waals surface area contributed by atoms with Crippen molar-refractivity contribution in [1.29, 1.82) is 0 Å². The molecule has 0 spiro atoms. The molecule has 6 aromatic heterocycles. The van der Waals surface area contributed by atoms with Crippen molar-refractivity contribution in [1.82, 2.24) is 38.7 Å². The lowest BCUT2D eigenvalue weighted by molar-refractivity contribution is -0.141. The van der Waals surface area contributed by atoms with Crippen LogP contribution in [0.3, 0.4) is 0 Å². The summed E-state index contributed by atoms with van der Waals surface area (Å²) in [5.74, 6) is 1.25. The van der Waals surface area contributed by atoms with Crippen LogP contribution < -0.4 is 15.4 Å².